The Bertz CT molecular complexity index is 363. The van der Waals surface area contributed by atoms with E-state index in [9.17, 15) is 0 Å². The summed E-state index contributed by atoms with van der Waals surface area (Å²) in [6.07, 6.45) is 3.12. The number of piperidine rings is 1. The molecule has 4 atom stereocenters. The highest BCUT2D eigenvalue weighted by Crippen LogP contribution is 2.30. The van der Waals surface area contributed by atoms with E-state index < -0.39 is 0 Å². The van der Waals surface area contributed by atoms with Crippen molar-refractivity contribution in [2.45, 2.75) is 39.3 Å². The van der Waals surface area contributed by atoms with Crippen molar-refractivity contribution < 1.29 is 0 Å². The van der Waals surface area contributed by atoms with Crippen LogP contribution in [0.3, 0.4) is 0 Å². The molecule has 18 heavy (non-hydrogen) atoms. The fourth-order valence-corrected chi connectivity index (χ4v) is 2.89. The highest BCUT2D eigenvalue weighted by atomic mass is 15.2. The molecule has 1 fully saturated rings. The molecule has 1 aromatic heterocycles. The maximum Gasteiger partial charge on any atom is 0.0671 e. The number of nitrogens with two attached hydrogens (primary N) is 1. The lowest BCUT2D eigenvalue weighted by molar-refractivity contribution is 0.0832. The van der Waals surface area contributed by atoms with E-state index in [-0.39, 0.29) is 12.1 Å². The molecule has 0 radical (unpaired) electrons. The van der Waals surface area contributed by atoms with Crippen LogP contribution >= 0.6 is 0 Å². The smallest absolute Gasteiger partial charge is 0.0671 e. The van der Waals surface area contributed by atoms with Crippen LogP contribution in [0.4, 0.5) is 0 Å². The first-order valence-corrected chi connectivity index (χ1v) is 7.00. The van der Waals surface area contributed by atoms with Crippen LogP contribution in [0.2, 0.25) is 0 Å². The van der Waals surface area contributed by atoms with Crippen LogP contribution in [0.1, 0.15) is 38.9 Å². The molecule has 100 valence electrons. The second-order valence-electron chi connectivity index (χ2n) is 5.80. The van der Waals surface area contributed by atoms with E-state index in [4.69, 9.17) is 5.73 Å². The molecule has 0 aliphatic carbocycles. The Balaban J connectivity index is 2.16. The highest BCUT2D eigenvalue weighted by molar-refractivity contribution is 5.11. The van der Waals surface area contributed by atoms with Gasteiger partial charge in [-0.15, -0.1) is 0 Å². The largest absolute Gasteiger partial charge is 0.326 e. The molecule has 1 aromatic rings. The molecule has 2 heterocycles. The monoisotopic (exact) mass is 247 g/mol. The van der Waals surface area contributed by atoms with E-state index in [2.05, 4.69) is 36.7 Å². The number of pyridine rings is 1. The number of aromatic nitrogens is 1. The third-order valence-corrected chi connectivity index (χ3v) is 4.25. The van der Waals surface area contributed by atoms with E-state index in [1.54, 1.807) is 0 Å². The van der Waals surface area contributed by atoms with Gasteiger partial charge in [-0.05, 0) is 43.9 Å². The summed E-state index contributed by atoms with van der Waals surface area (Å²) in [6, 6.07) is 6.47. The molecule has 1 aliphatic rings. The Hall–Kier alpha value is -0.930. The Morgan fingerprint density at radius 3 is 2.67 bits per heavy atom. The van der Waals surface area contributed by atoms with Crippen molar-refractivity contribution in [1.82, 2.24) is 9.88 Å². The SMILES string of the molecule is CC(N)C(c1ccccn1)N1CCC(C)C(C)C1. The quantitative estimate of drug-likeness (QED) is 0.892. The first-order chi connectivity index (χ1) is 8.59. The molecular formula is C15H25N3. The minimum absolute atomic E-state index is 0.112. The number of hydrogen-bond donors (Lipinski definition) is 1. The lowest BCUT2D eigenvalue weighted by atomic mass is 9.87. The number of hydrogen-bond acceptors (Lipinski definition) is 3. The summed E-state index contributed by atoms with van der Waals surface area (Å²) in [6.45, 7) is 9.04. The summed E-state index contributed by atoms with van der Waals surface area (Å²) in [5.74, 6) is 1.56. The Morgan fingerprint density at radius 1 is 1.33 bits per heavy atom. The van der Waals surface area contributed by atoms with Gasteiger partial charge in [0.25, 0.3) is 0 Å². The van der Waals surface area contributed by atoms with E-state index in [1.807, 2.05) is 18.3 Å². The zero-order valence-electron chi connectivity index (χ0n) is 11.7. The molecule has 4 unspecified atom stereocenters. The minimum Gasteiger partial charge on any atom is -0.326 e. The van der Waals surface area contributed by atoms with Crippen LogP contribution in [0, 0.1) is 11.8 Å². The van der Waals surface area contributed by atoms with Crippen LogP contribution in [-0.2, 0) is 0 Å². The molecule has 1 saturated heterocycles. The van der Waals surface area contributed by atoms with E-state index in [0.717, 1.165) is 30.6 Å². The van der Waals surface area contributed by atoms with Crippen LogP contribution in [0.15, 0.2) is 24.4 Å². The van der Waals surface area contributed by atoms with Crippen LogP contribution in [0.5, 0.6) is 0 Å². The fraction of sp³-hybridized carbons (Fsp3) is 0.667. The second kappa shape index (κ2) is 5.81. The lowest BCUT2D eigenvalue weighted by Gasteiger charge is -2.41. The van der Waals surface area contributed by atoms with Gasteiger partial charge in [-0.3, -0.25) is 9.88 Å². The third-order valence-electron chi connectivity index (χ3n) is 4.25. The van der Waals surface area contributed by atoms with Gasteiger partial charge in [-0.2, -0.15) is 0 Å². The second-order valence-corrected chi connectivity index (χ2v) is 5.80. The van der Waals surface area contributed by atoms with Crippen molar-refractivity contribution in [2.24, 2.45) is 17.6 Å². The van der Waals surface area contributed by atoms with Gasteiger partial charge in [0.2, 0.25) is 0 Å². The summed E-state index contributed by atoms with van der Waals surface area (Å²) in [4.78, 5) is 7.01. The van der Waals surface area contributed by atoms with Gasteiger partial charge < -0.3 is 5.73 Å². The summed E-state index contributed by atoms with van der Waals surface area (Å²) in [7, 11) is 0. The number of nitrogens with zero attached hydrogens (tertiary/aromatic N) is 2. The van der Waals surface area contributed by atoms with E-state index in [1.165, 1.54) is 6.42 Å². The van der Waals surface area contributed by atoms with Crippen molar-refractivity contribution in [1.29, 1.82) is 0 Å². The molecule has 0 spiro atoms. The van der Waals surface area contributed by atoms with E-state index >= 15 is 0 Å². The normalized spacial score (nSPS) is 28.9. The van der Waals surface area contributed by atoms with Crippen molar-refractivity contribution >= 4 is 0 Å². The first-order valence-electron chi connectivity index (χ1n) is 7.00. The Labute approximate surface area is 110 Å². The average molecular weight is 247 g/mol. The van der Waals surface area contributed by atoms with Gasteiger partial charge in [-0.1, -0.05) is 19.9 Å². The molecule has 3 heteroatoms. The van der Waals surface area contributed by atoms with Crippen molar-refractivity contribution in [3.8, 4) is 0 Å². The summed E-state index contributed by atoms with van der Waals surface area (Å²) < 4.78 is 0. The predicted octanol–water partition coefficient (Wildman–Crippen LogP) is 2.45. The zero-order chi connectivity index (χ0) is 13.1. The summed E-state index contributed by atoms with van der Waals surface area (Å²) >= 11 is 0. The van der Waals surface area contributed by atoms with Crippen molar-refractivity contribution in [3.63, 3.8) is 0 Å². The van der Waals surface area contributed by atoms with E-state index in [0.29, 0.717) is 0 Å². The molecule has 1 aliphatic heterocycles. The van der Waals surface area contributed by atoms with Gasteiger partial charge in [0, 0.05) is 18.8 Å². The number of likely N-dealkylation sites (tertiary alicyclic amines) is 1. The number of rotatable bonds is 3. The third kappa shape index (κ3) is 2.90. The summed E-state index contributed by atoms with van der Waals surface area (Å²) in [5.41, 5.74) is 7.30. The molecule has 0 bridgehead atoms. The van der Waals surface area contributed by atoms with Crippen molar-refractivity contribution in [2.75, 3.05) is 13.1 Å². The molecule has 2 rings (SSSR count). The van der Waals surface area contributed by atoms with Gasteiger partial charge in [0.05, 0.1) is 11.7 Å². The standard InChI is InChI=1S/C15H25N3/c1-11-7-9-18(10-12(11)2)15(13(3)16)14-6-4-5-8-17-14/h4-6,8,11-13,15H,7,9-10,16H2,1-3H3. The van der Waals surface area contributed by atoms with Crippen LogP contribution in [0.25, 0.3) is 0 Å². The Morgan fingerprint density at radius 2 is 2.11 bits per heavy atom. The molecule has 0 amide bonds. The molecule has 3 nitrogen and oxygen atoms in total. The molecular weight excluding hydrogens is 222 g/mol. The van der Waals surface area contributed by atoms with Gasteiger partial charge in [-0.25, -0.2) is 0 Å². The first kappa shape index (κ1) is 13.5. The predicted molar refractivity (Wildman–Crippen MR) is 75.1 cm³/mol. The zero-order valence-corrected chi connectivity index (χ0v) is 11.7. The van der Waals surface area contributed by atoms with Crippen LogP contribution in [-0.4, -0.2) is 29.0 Å². The molecule has 0 aromatic carbocycles. The van der Waals surface area contributed by atoms with Gasteiger partial charge >= 0.3 is 0 Å². The molecule has 0 saturated carbocycles. The minimum atomic E-state index is 0.112. The highest BCUT2D eigenvalue weighted by Gasteiger charge is 2.31. The average Bonchev–Trinajstić information content (AvgIpc) is 2.35. The topological polar surface area (TPSA) is 42.1 Å². The van der Waals surface area contributed by atoms with Crippen molar-refractivity contribution in [3.05, 3.63) is 30.1 Å². The fourth-order valence-electron chi connectivity index (χ4n) is 2.89. The van der Waals surface area contributed by atoms with Crippen LogP contribution < -0.4 is 5.73 Å². The maximum atomic E-state index is 6.20. The summed E-state index contributed by atoms with van der Waals surface area (Å²) in [5, 5.41) is 0. The Kier molecular flexibility index (Phi) is 4.36. The van der Waals surface area contributed by atoms with Gasteiger partial charge in [0.15, 0.2) is 0 Å². The molecule has 2 N–H and O–H groups in total. The maximum absolute atomic E-state index is 6.20. The lowest BCUT2D eigenvalue weighted by Crippen LogP contribution is -2.46. The van der Waals surface area contributed by atoms with Gasteiger partial charge in [0.1, 0.15) is 0 Å².